The fourth-order valence-electron chi connectivity index (χ4n) is 2.90. The van der Waals surface area contributed by atoms with Gasteiger partial charge in [0.25, 0.3) is 0 Å². The third-order valence-electron chi connectivity index (χ3n) is 4.47. The number of hydrogen-bond donors (Lipinski definition) is 1. The van der Waals surface area contributed by atoms with E-state index in [1.165, 1.54) is 19.2 Å². The molecule has 0 aliphatic carbocycles. The topological polar surface area (TPSA) is 67.9 Å². The monoisotopic (exact) mass is 378 g/mol. The minimum atomic E-state index is -0.691. The van der Waals surface area contributed by atoms with Crippen molar-refractivity contribution in [2.75, 3.05) is 26.9 Å². The minimum Gasteiger partial charge on any atom is -0.460 e. The van der Waals surface area contributed by atoms with Gasteiger partial charge in [0.1, 0.15) is 12.4 Å². The number of hydrogen-bond acceptors (Lipinski definition) is 4. The predicted molar refractivity (Wildman–Crippen MR) is 99.4 cm³/mol. The van der Waals surface area contributed by atoms with E-state index < -0.39 is 12.0 Å². The highest BCUT2D eigenvalue weighted by Crippen LogP contribution is 2.31. The summed E-state index contributed by atoms with van der Waals surface area (Å²) in [5.41, 5.74) is 1.52. The molecule has 0 unspecified atom stereocenters. The summed E-state index contributed by atoms with van der Waals surface area (Å²) in [5.74, 6) is -0.490. The molecule has 0 bridgehead atoms. The lowest BCUT2D eigenvalue weighted by Gasteiger charge is -2.35. The Morgan fingerprint density at radius 2 is 1.93 bits per heavy atom. The van der Waals surface area contributed by atoms with Gasteiger partial charge in [0.05, 0.1) is 18.2 Å². The van der Waals surface area contributed by atoms with Crippen LogP contribution in [0.3, 0.4) is 0 Å². The van der Waals surface area contributed by atoms with E-state index in [9.17, 15) is 14.0 Å². The van der Waals surface area contributed by atoms with Crippen molar-refractivity contribution in [2.24, 2.45) is 5.92 Å². The smallest absolute Gasteiger partial charge is 0.338 e. The zero-order valence-corrected chi connectivity index (χ0v) is 16.3. The number of allylic oxidation sites excluding steroid dienone is 1. The van der Waals surface area contributed by atoms with Crippen molar-refractivity contribution in [1.29, 1.82) is 0 Å². The van der Waals surface area contributed by atoms with Gasteiger partial charge >= 0.3 is 12.0 Å². The first kappa shape index (κ1) is 20.9. The highest BCUT2D eigenvalue weighted by molar-refractivity contribution is 5.95. The number of esters is 1. The van der Waals surface area contributed by atoms with Crippen molar-refractivity contribution >= 4 is 12.0 Å². The van der Waals surface area contributed by atoms with Crippen molar-refractivity contribution < 1.29 is 23.5 Å². The molecule has 1 heterocycles. The molecular weight excluding hydrogens is 351 g/mol. The molecule has 27 heavy (non-hydrogen) atoms. The van der Waals surface area contributed by atoms with Gasteiger partial charge in [0.2, 0.25) is 0 Å². The molecule has 148 valence electrons. The third kappa shape index (κ3) is 5.29. The Morgan fingerprint density at radius 3 is 2.52 bits per heavy atom. The van der Waals surface area contributed by atoms with Crippen LogP contribution >= 0.6 is 0 Å². The Kier molecular flexibility index (Phi) is 7.36. The fourth-order valence-corrected chi connectivity index (χ4v) is 2.90. The molecule has 1 N–H and O–H groups in total. The zero-order valence-electron chi connectivity index (χ0n) is 16.3. The normalized spacial score (nSPS) is 17.3. The average Bonchev–Trinajstić information content (AvgIpc) is 2.61. The van der Waals surface area contributed by atoms with Gasteiger partial charge < -0.3 is 14.8 Å². The Labute approximate surface area is 159 Å². The van der Waals surface area contributed by atoms with E-state index in [1.807, 2.05) is 0 Å². The number of methoxy groups -OCH3 is 1. The number of benzene rings is 1. The number of nitrogens with zero attached hydrogens (tertiary/aromatic N) is 1. The first-order chi connectivity index (χ1) is 12.8. The second-order valence-electron chi connectivity index (χ2n) is 6.90. The number of amides is 2. The number of halogens is 1. The lowest BCUT2D eigenvalue weighted by molar-refractivity contribution is -0.140. The predicted octanol–water partition coefficient (Wildman–Crippen LogP) is 3.40. The Balaban J connectivity index is 2.37. The van der Waals surface area contributed by atoms with E-state index in [4.69, 9.17) is 9.47 Å². The van der Waals surface area contributed by atoms with E-state index in [2.05, 4.69) is 19.2 Å². The maximum atomic E-state index is 13.3. The van der Waals surface area contributed by atoms with Crippen LogP contribution in [0.1, 0.15) is 38.8 Å². The highest BCUT2D eigenvalue weighted by atomic mass is 19.1. The minimum absolute atomic E-state index is 0.113. The van der Waals surface area contributed by atoms with E-state index in [0.29, 0.717) is 29.3 Å². The fraction of sp³-hybridized carbons (Fsp3) is 0.500. The van der Waals surface area contributed by atoms with Crippen LogP contribution in [0.2, 0.25) is 0 Å². The van der Waals surface area contributed by atoms with Crippen LogP contribution in [0.25, 0.3) is 0 Å². The van der Waals surface area contributed by atoms with Gasteiger partial charge in [0.15, 0.2) is 0 Å². The van der Waals surface area contributed by atoms with Crippen molar-refractivity contribution in [2.45, 2.75) is 33.2 Å². The van der Waals surface area contributed by atoms with E-state index in [0.717, 1.165) is 6.42 Å². The molecule has 0 fully saturated rings. The summed E-state index contributed by atoms with van der Waals surface area (Å²) in [4.78, 5) is 26.9. The molecule has 0 saturated carbocycles. The van der Waals surface area contributed by atoms with Gasteiger partial charge in [0, 0.05) is 19.4 Å². The Bertz CT molecular complexity index is 700. The molecular formula is C20H27FN2O4. The van der Waals surface area contributed by atoms with Crippen LogP contribution in [0, 0.1) is 11.7 Å². The SMILES string of the molecule is COCCOC(=O)C1=C(C)N(CCC(C)C)C(=O)N[C@H]1c1ccc(F)cc1. The lowest BCUT2D eigenvalue weighted by Crippen LogP contribution is -2.48. The van der Waals surface area contributed by atoms with Crippen LogP contribution in [-0.4, -0.2) is 43.8 Å². The molecule has 1 atom stereocenters. The summed E-state index contributed by atoms with van der Waals surface area (Å²) in [6.45, 7) is 6.78. The summed E-state index contributed by atoms with van der Waals surface area (Å²) >= 11 is 0. The van der Waals surface area contributed by atoms with Crippen LogP contribution in [0.5, 0.6) is 0 Å². The zero-order chi connectivity index (χ0) is 20.0. The van der Waals surface area contributed by atoms with E-state index in [1.54, 1.807) is 24.0 Å². The molecule has 0 spiro atoms. The second kappa shape index (κ2) is 9.50. The van der Waals surface area contributed by atoms with Gasteiger partial charge in [-0.05, 0) is 37.0 Å². The molecule has 6 nitrogen and oxygen atoms in total. The second-order valence-corrected chi connectivity index (χ2v) is 6.90. The molecule has 2 rings (SSSR count). The molecule has 0 aromatic heterocycles. The van der Waals surface area contributed by atoms with Gasteiger partial charge in [-0.1, -0.05) is 26.0 Å². The molecule has 7 heteroatoms. The number of urea groups is 1. The van der Waals surface area contributed by atoms with Crippen LogP contribution in [0.4, 0.5) is 9.18 Å². The van der Waals surface area contributed by atoms with Crippen molar-refractivity contribution in [3.63, 3.8) is 0 Å². The highest BCUT2D eigenvalue weighted by Gasteiger charge is 2.36. The number of rotatable bonds is 8. The summed E-state index contributed by atoms with van der Waals surface area (Å²) in [5, 5.41) is 2.85. The quantitative estimate of drug-likeness (QED) is 0.556. The maximum absolute atomic E-state index is 13.3. The van der Waals surface area contributed by atoms with Gasteiger partial charge in [-0.15, -0.1) is 0 Å². The van der Waals surface area contributed by atoms with Crippen LogP contribution < -0.4 is 5.32 Å². The lowest BCUT2D eigenvalue weighted by atomic mass is 9.94. The molecule has 1 aliphatic heterocycles. The number of carbonyl (C=O) groups excluding carboxylic acids is 2. The van der Waals surface area contributed by atoms with Gasteiger partial charge in [-0.25, -0.2) is 14.0 Å². The summed E-state index contributed by atoms with van der Waals surface area (Å²) < 4.78 is 23.5. The van der Waals surface area contributed by atoms with Crippen LogP contribution in [-0.2, 0) is 14.3 Å². The molecule has 0 radical (unpaired) electrons. The van der Waals surface area contributed by atoms with E-state index >= 15 is 0 Å². The summed E-state index contributed by atoms with van der Waals surface area (Å²) in [6.07, 6.45) is 0.804. The molecule has 1 aromatic carbocycles. The Hall–Kier alpha value is -2.41. The first-order valence-electron chi connectivity index (χ1n) is 9.05. The molecule has 1 aliphatic rings. The number of carbonyl (C=O) groups is 2. The summed E-state index contributed by atoms with van der Waals surface area (Å²) in [6, 6.07) is 4.74. The van der Waals surface area contributed by atoms with E-state index in [-0.39, 0.29) is 25.1 Å². The number of ether oxygens (including phenoxy) is 2. The number of nitrogens with one attached hydrogen (secondary N) is 1. The standard InChI is InChI=1S/C20H27FN2O4/c1-13(2)9-10-23-14(3)17(19(24)27-12-11-26-4)18(22-20(23)25)15-5-7-16(21)8-6-15/h5-8,13,18H,9-12H2,1-4H3,(H,22,25)/t18-/m0/s1. The first-order valence-corrected chi connectivity index (χ1v) is 9.05. The molecule has 2 amide bonds. The van der Waals surface area contributed by atoms with Crippen LogP contribution in [0.15, 0.2) is 35.5 Å². The Morgan fingerprint density at radius 1 is 1.26 bits per heavy atom. The van der Waals surface area contributed by atoms with Crippen molar-refractivity contribution in [1.82, 2.24) is 10.2 Å². The molecule has 1 aromatic rings. The van der Waals surface area contributed by atoms with Crippen molar-refractivity contribution in [3.05, 3.63) is 46.9 Å². The summed E-state index contributed by atoms with van der Waals surface area (Å²) in [7, 11) is 1.52. The average molecular weight is 378 g/mol. The third-order valence-corrected chi connectivity index (χ3v) is 4.47. The largest absolute Gasteiger partial charge is 0.460 e. The molecule has 0 saturated heterocycles. The van der Waals surface area contributed by atoms with Gasteiger partial charge in [-0.3, -0.25) is 4.90 Å². The van der Waals surface area contributed by atoms with Gasteiger partial charge in [-0.2, -0.15) is 0 Å². The maximum Gasteiger partial charge on any atom is 0.338 e. The van der Waals surface area contributed by atoms with Crippen molar-refractivity contribution in [3.8, 4) is 0 Å².